The van der Waals surface area contributed by atoms with Crippen LogP contribution in [0.25, 0.3) is 76.1 Å². The van der Waals surface area contributed by atoms with E-state index in [4.69, 9.17) is 0 Å². The average molecular weight is 619 g/mol. The fourth-order valence-electron chi connectivity index (χ4n) is 9.32. The third-order valence-electron chi connectivity index (χ3n) is 11.3. The molecular weight excluding hydrogens is 589 g/mol. The van der Waals surface area contributed by atoms with Crippen molar-refractivity contribution in [3.8, 4) is 22.3 Å². The number of fused-ring (bicyclic) bond motifs is 8. The van der Waals surface area contributed by atoms with Gasteiger partial charge in [0, 0.05) is 0 Å². The van der Waals surface area contributed by atoms with Gasteiger partial charge in [0.2, 0.25) is 0 Å². The van der Waals surface area contributed by atoms with E-state index in [0.29, 0.717) is 0 Å². The first-order valence-corrected chi connectivity index (χ1v) is 17.2. The van der Waals surface area contributed by atoms with Gasteiger partial charge in [0.15, 0.2) is 0 Å². The van der Waals surface area contributed by atoms with Gasteiger partial charge in [-0.05, 0) is 104 Å². The van der Waals surface area contributed by atoms with Gasteiger partial charge in [0.05, 0.1) is 5.41 Å². The fraction of sp³-hybridized carbons (Fsp3) is 0.0204. The Kier molecular flexibility index (Phi) is 5.41. The third kappa shape index (κ3) is 3.48. The summed E-state index contributed by atoms with van der Waals surface area (Å²) in [6.07, 6.45) is 0. The Morgan fingerprint density at radius 2 is 0.878 bits per heavy atom. The van der Waals surface area contributed by atoms with Crippen LogP contribution in [0.4, 0.5) is 0 Å². The Morgan fingerprint density at radius 3 is 1.57 bits per heavy atom. The number of hydrogen-bond acceptors (Lipinski definition) is 0. The third-order valence-corrected chi connectivity index (χ3v) is 11.3. The fourth-order valence-corrected chi connectivity index (χ4v) is 9.32. The molecule has 0 nitrogen and oxygen atoms in total. The van der Waals surface area contributed by atoms with Crippen LogP contribution in [0.15, 0.2) is 182 Å². The summed E-state index contributed by atoms with van der Waals surface area (Å²) in [5.41, 5.74) is 9.98. The minimum Gasteiger partial charge on any atom is -0.0622 e. The largest absolute Gasteiger partial charge is 0.0719 e. The molecule has 0 radical (unpaired) electrons. The van der Waals surface area contributed by atoms with Crippen molar-refractivity contribution in [3.63, 3.8) is 0 Å². The molecule has 0 N–H and O–H groups in total. The molecule has 0 heterocycles. The highest BCUT2D eigenvalue weighted by Gasteiger charge is 2.48. The molecule has 0 saturated carbocycles. The van der Waals surface area contributed by atoms with Gasteiger partial charge in [-0.2, -0.15) is 0 Å². The molecule has 1 aliphatic rings. The maximum atomic E-state index is 2.50. The normalized spacial score (nSPS) is 13.5. The van der Waals surface area contributed by atoms with Crippen LogP contribution in [0.3, 0.4) is 0 Å². The van der Waals surface area contributed by atoms with Gasteiger partial charge in [-0.1, -0.05) is 176 Å². The van der Waals surface area contributed by atoms with Crippen molar-refractivity contribution in [1.29, 1.82) is 0 Å². The lowest BCUT2D eigenvalue weighted by Gasteiger charge is -2.35. The minimum atomic E-state index is -0.488. The summed E-state index contributed by atoms with van der Waals surface area (Å²) >= 11 is 0. The van der Waals surface area contributed by atoms with Crippen LogP contribution < -0.4 is 0 Å². The first kappa shape index (κ1) is 26.8. The van der Waals surface area contributed by atoms with Gasteiger partial charge in [-0.25, -0.2) is 0 Å². The second-order valence-electron chi connectivity index (χ2n) is 13.6. The summed E-state index contributed by atoms with van der Waals surface area (Å²) in [6, 6.07) is 68.2. The molecule has 226 valence electrons. The SMILES string of the molecule is c1ccc(C2(c3ccccc3)c3ccc(-c4ccc5ccc6cccc7ccc4c5c67)cc3-c3c2c2ccccc2c2ccccc32)cc1. The molecule has 0 amide bonds. The minimum absolute atomic E-state index is 0.488. The van der Waals surface area contributed by atoms with E-state index in [2.05, 4.69) is 182 Å². The summed E-state index contributed by atoms with van der Waals surface area (Å²) in [4.78, 5) is 0. The molecule has 0 aromatic heterocycles. The predicted octanol–water partition coefficient (Wildman–Crippen LogP) is 12.9. The Balaban J connectivity index is 1.31. The highest BCUT2D eigenvalue weighted by Crippen LogP contribution is 2.60. The van der Waals surface area contributed by atoms with Crippen LogP contribution in [0.5, 0.6) is 0 Å². The van der Waals surface area contributed by atoms with Gasteiger partial charge in [0.25, 0.3) is 0 Å². The van der Waals surface area contributed by atoms with Gasteiger partial charge in [-0.3, -0.25) is 0 Å². The van der Waals surface area contributed by atoms with Crippen LogP contribution in [-0.4, -0.2) is 0 Å². The molecule has 0 heteroatoms. The van der Waals surface area contributed by atoms with E-state index < -0.39 is 5.41 Å². The molecule has 0 atom stereocenters. The molecule has 0 fully saturated rings. The zero-order valence-corrected chi connectivity index (χ0v) is 26.8. The lowest BCUT2D eigenvalue weighted by molar-refractivity contribution is 0.776. The summed E-state index contributed by atoms with van der Waals surface area (Å²) in [5.74, 6) is 0. The summed E-state index contributed by atoms with van der Waals surface area (Å²) in [7, 11) is 0. The highest BCUT2D eigenvalue weighted by molar-refractivity contribution is 6.26. The lowest BCUT2D eigenvalue weighted by Crippen LogP contribution is -2.28. The molecule has 49 heavy (non-hydrogen) atoms. The molecule has 10 aromatic rings. The quantitative estimate of drug-likeness (QED) is 0.173. The van der Waals surface area contributed by atoms with E-state index in [1.807, 2.05) is 0 Å². The second kappa shape index (κ2) is 9.89. The number of hydrogen-bond donors (Lipinski definition) is 0. The van der Waals surface area contributed by atoms with Gasteiger partial charge >= 0.3 is 0 Å². The van der Waals surface area contributed by atoms with Gasteiger partial charge in [-0.15, -0.1) is 0 Å². The van der Waals surface area contributed by atoms with Crippen LogP contribution in [0.2, 0.25) is 0 Å². The van der Waals surface area contributed by atoms with Crippen molar-refractivity contribution < 1.29 is 0 Å². The molecule has 0 saturated heterocycles. The number of rotatable bonds is 3. The molecule has 0 spiro atoms. The second-order valence-corrected chi connectivity index (χ2v) is 13.6. The molecule has 11 rings (SSSR count). The van der Waals surface area contributed by atoms with Crippen molar-refractivity contribution in [2.45, 2.75) is 5.41 Å². The smallest absolute Gasteiger partial charge is 0.0622 e. The maximum absolute atomic E-state index is 2.50. The monoisotopic (exact) mass is 618 g/mol. The molecule has 1 aliphatic carbocycles. The number of benzene rings is 10. The van der Waals surface area contributed by atoms with Crippen molar-refractivity contribution in [2.75, 3.05) is 0 Å². The first-order valence-electron chi connectivity index (χ1n) is 17.2. The summed E-state index contributed by atoms with van der Waals surface area (Å²) < 4.78 is 0. The molecular formula is C49H30. The molecule has 0 aliphatic heterocycles. The van der Waals surface area contributed by atoms with E-state index in [0.717, 1.165) is 0 Å². The highest BCUT2D eigenvalue weighted by atomic mass is 14.5. The molecule has 0 bridgehead atoms. The van der Waals surface area contributed by atoms with E-state index in [1.54, 1.807) is 0 Å². The Bertz CT molecular complexity index is 2860. The zero-order valence-electron chi connectivity index (χ0n) is 26.8. The Hall–Kier alpha value is -6.24. The van der Waals surface area contributed by atoms with Crippen LogP contribution in [-0.2, 0) is 5.41 Å². The van der Waals surface area contributed by atoms with E-state index in [9.17, 15) is 0 Å². The van der Waals surface area contributed by atoms with Crippen LogP contribution in [0.1, 0.15) is 22.3 Å². The van der Waals surface area contributed by atoms with Crippen LogP contribution >= 0.6 is 0 Å². The van der Waals surface area contributed by atoms with Crippen molar-refractivity contribution >= 4 is 53.9 Å². The van der Waals surface area contributed by atoms with Crippen LogP contribution in [0, 0.1) is 0 Å². The molecule has 0 unspecified atom stereocenters. The van der Waals surface area contributed by atoms with Crippen molar-refractivity contribution in [1.82, 2.24) is 0 Å². The average Bonchev–Trinajstić information content (AvgIpc) is 3.49. The van der Waals surface area contributed by atoms with E-state index >= 15 is 0 Å². The standard InChI is InChI=1S/C49H30/c1-3-14-35(15-4-1)49(36-16-5-2-6-17-36)44-29-26-34(37-27-24-33-23-22-31-12-11-13-32-25-28-41(37)46(33)45(31)32)30-43(44)47-40-20-9-7-18-38(40)39-19-8-10-21-42(39)48(47)49/h1-30H. The van der Waals surface area contributed by atoms with Crippen molar-refractivity contribution in [2.24, 2.45) is 0 Å². The van der Waals surface area contributed by atoms with E-state index in [1.165, 1.54) is 98.4 Å². The Morgan fingerprint density at radius 1 is 0.327 bits per heavy atom. The van der Waals surface area contributed by atoms with Gasteiger partial charge in [0.1, 0.15) is 0 Å². The zero-order chi connectivity index (χ0) is 32.1. The van der Waals surface area contributed by atoms with Gasteiger partial charge < -0.3 is 0 Å². The van der Waals surface area contributed by atoms with E-state index in [-0.39, 0.29) is 0 Å². The maximum Gasteiger partial charge on any atom is 0.0719 e. The summed E-state index contributed by atoms with van der Waals surface area (Å²) in [5, 5.41) is 13.1. The molecule has 10 aromatic carbocycles. The Labute approximate surface area is 284 Å². The summed E-state index contributed by atoms with van der Waals surface area (Å²) in [6.45, 7) is 0. The topological polar surface area (TPSA) is 0 Å². The first-order chi connectivity index (χ1) is 24.3. The van der Waals surface area contributed by atoms with Crippen molar-refractivity contribution in [3.05, 3.63) is 204 Å². The lowest BCUT2D eigenvalue weighted by atomic mass is 9.66. The predicted molar refractivity (Wildman–Crippen MR) is 208 cm³/mol.